The molecule has 1 aliphatic rings. The zero-order chi connectivity index (χ0) is 17.1. The summed E-state index contributed by atoms with van der Waals surface area (Å²) in [7, 11) is 0. The number of rotatable bonds is 4. The fourth-order valence-electron chi connectivity index (χ4n) is 3.25. The van der Waals surface area contributed by atoms with Crippen LogP contribution in [0.2, 0.25) is 0 Å². The molecule has 0 spiro atoms. The van der Waals surface area contributed by atoms with Crippen LogP contribution in [0.1, 0.15) is 21.8 Å². The molecule has 4 rings (SSSR count). The van der Waals surface area contributed by atoms with Gasteiger partial charge in [0.15, 0.2) is 5.78 Å². The molecule has 25 heavy (non-hydrogen) atoms. The Balaban J connectivity index is 1.58. The van der Waals surface area contributed by atoms with Gasteiger partial charge in [-0.1, -0.05) is 84.9 Å². The predicted molar refractivity (Wildman–Crippen MR) is 98.9 cm³/mol. The summed E-state index contributed by atoms with van der Waals surface area (Å²) in [6.07, 6.45) is 0. The van der Waals surface area contributed by atoms with Crippen molar-refractivity contribution in [1.82, 2.24) is 0 Å². The highest BCUT2D eigenvalue weighted by molar-refractivity contribution is 6.01. The number of azo groups is 1. The fourth-order valence-corrected chi connectivity index (χ4v) is 3.25. The first-order valence-corrected chi connectivity index (χ1v) is 8.44. The highest BCUT2D eigenvalue weighted by Gasteiger charge is 2.33. The Kier molecular flexibility index (Phi) is 4.21. The number of hydrogen-bond acceptors (Lipinski definition) is 3. The topological polar surface area (TPSA) is 41.8 Å². The van der Waals surface area contributed by atoms with Gasteiger partial charge in [-0.2, -0.15) is 10.2 Å². The molecule has 0 radical (unpaired) electrons. The third-order valence-electron chi connectivity index (χ3n) is 4.64. The zero-order valence-electron chi connectivity index (χ0n) is 13.7. The minimum atomic E-state index is -0.426. The number of ketones is 1. The summed E-state index contributed by atoms with van der Waals surface area (Å²) in [5.74, 6) is 0.0523. The van der Waals surface area contributed by atoms with Crippen molar-refractivity contribution in [2.75, 3.05) is 6.54 Å². The van der Waals surface area contributed by atoms with Gasteiger partial charge in [-0.15, -0.1) is 0 Å². The Morgan fingerprint density at radius 3 is 2.04 bits per heavy atom. The van der Waals surface area contributed by atoms with E-state index < -0.39 is 6.04 Å². The van der Waals surface area contributed by atoms with Crippen LogP contribution in [0.25, 0.3) is 11.1 Å². The van der Waals surface area contributed by atoms with Gasteiger partial charge in [-0.25, -0.2) is 0 Å². The summed E-state index contributed by atoms with van der Waals surface area (Å²) in [5, 5.41) is 8.38. The Hall–Kier alpha value is -3.07. The summed E-state index contributed by atoms with van der Waals surface area (Å²) in [5.41, 5.74) is 4.16. The lowest BCUT2D eigenvalue weighted by Gasteiger charge is -2.16. The van der Waals surface area contributed by atoms with E-state index in [1.807, 2.05) is 48.5 Å². The van der Waals surface area contributed by atoms with E-state index in [9.17, 15) is 4.79 Å². The van der Waals surface area contributed by atoms with E-state index in [0.717, 1.165) is 5.56 Å². The summed E-state index contributed by atoms with van der Waals surface area (Å²) in [6, 6.07) is 27.6. The number of nitrogens with zero attached hydrogens (tertiary/aromatic N) is 2. The van der Waals surface area contributed by atoms with Gasteiger partial charge in [0, 0.05) is 11.5 Å². The largest absolute Gasteiger partial charge is 0.292 e. The molecule has 0 bridgehead atoms. The van der Waals surface area contributed by atoms with Crippen LogP contribution in [0.15, 0.2) is 95.2 Å². The van der Waals surface area contributed by atoms with Crippen molar-refractivity contribution in [3.05, 3.63) is 96.1 Å². The maximum Gasteiger partial charge on any atom is 0.189 e. The minimum absolute atomic E-state index is 0.0116. The molecule has 1 heterocycles. The molecule has 3 aromatic rings. The molecule has 0 N–H and O–H groups in total. The summed E-state index contributed by atoms with van der Waals surface area (Å²) in [4.78, 5) is 12.8. The van der Waals surface area contributed by atoms with Crippen molar-refractivity contribution < 1.29 is 4.79 Å². The lowest BCUT2D eigenvalue weighted by Crippen LogP contribution is -2.24. The van der Waals surface area contributed by atoms with Crippen LogP contribution in [0.4, 0.5) is 0 Å². The van der Waals surface area contributed by atoms with E-state index in [-0.39, 0.29) is 11.7 Å². The third-order valence-corrected chi connectivity index (χ3v) is 4.64. The van der Waals surface area contributed by atoms with Crippen molar-refractivity contribution >= 4 is 5.78 Å². The van der Waals surface area contributed by atoms with Crippen molar-refractivity contribution in [2.45, 2.75) is 12.0 Å². The molecule has 0 saturated carbocycles. The number of carbonyl (C=O) groups excluding carboxylic acids is 1. The standard InChI is InChI=1S/C22H18N2O/c25-22(19-9-5-2-6-10-19)21-20(15-23-24-21)18-13-11-17(12-14-18)16-7-3-1-4-8-16/h1-14,20-21H,15H2/t20-,21-/m1/s1. The van der Waals surface area contributed by atoms with E-state index in [1.54, 1.807) is 0 Å². The van der Waals surface area contributed by atoms with Crippen LogP contribution >= 0.6 is 0 Å². The lowest BCUT2D eigenvalue weighted by molar-refractivity contribution is 0.0956. The first-order valence-electron chi connectivity index (χ1n) is 8.44. The summed E-state index contributed by atoms with van der Waals surface area (Å²) >= 11 is 0. The Morgan fingerprint density at radius 1 is 0.760 bits per heavy atom. The minimum Gasteiger partial charge on any atom is -0.292 e. The molecule has 3 nitrogen and oxygen atoms in total. The molecule has 0 amide bonds. The van der Waals surface area contributed by atoms with Crippen LogP contribution in [-0.4, -0.2) is 18.4 Å². The van der Waals surface area contributed by atoms with Gasteiger partial charge in [0.2, 0.25) is 0 Å². The van der Waals surface area contributed by atoms with E-state index in [4.69, 9.17) is 0 Å². The normalized spacial score (nSPS) is 19.0. The number of carbonyl (C=O) groups is 1. The van der Waals surface area contributed by atoms with Gasteiger partial charge >= 0.3 is 0 Å². The second kappa shape index (κ2) is 6.81. The first kappa shape index (κ1) is 15.5. The van der Waals surface area contributed by atoms with Crippen molar-refractivity contribution in [3.8, 4) is 11.1 Å². The van der Waals surface area contributed by atoms with Gasteiger partial charge in [0.05, 0.1) is 6.54 Å². The highest BCUT2D eigenvalue weighted by atomic mass is 16.1. The molecular formula is C22H18N2O. The zero-order valence-corrected chi connectivity index (χ0v) is 13.7. The van der Waals surface area contributed by atoms with Crippen LogP contribution < -0.4 is 0 Å². The molecule has 0 unspecified atom stereocenters. The van der Waals surface area contributed by atoms with Gasteiger partial charge in [-0.3, -0.25) is 4.79 Å². The average molecular weight is 326 g/mol. The Labute approximate surface area is 147 Å². The Morgan fingerprint density at radius 2 is 1.36 bits per heavy atom. The highest BCUT2D eigenvalue weighted by Crippen LogP contribution is 2.31. The number of hydrogen-bond donors (Lipinski definition) is 0. The molecule has 0 fully saturated rings. The monoisotopic (exact) mass is 326 g/mol. The smallest absolute Gasteiger partial charge is 0.189 e. The lowest BCUT2D eigenvalue weighted by atomic mass is 9.87. The van der Waals surface area contributed by atoms with Crippen LogP contribution in [0.5, 0.6) is 0 Å². The second-order valence-electron chi connectivity index (χ2n) is 6.21. The maximum absolute atomic E-state index is 12.8. The maximum atomic E-state index is 12.8. The van der Waals surface area contributed by atoms with E-state index in [0.29, 0.717) is 12.1 Å². The Bertz CT molecular complexity index is 886. The van der Waals surface area contributed by atoms with Gasteiger partial charge < -0.3 is 0 Å². The molecule has 3 aromatic carbocycles. The molecule has 2 atom stereocenters. The quantitative estimate of drug-likeness (QED) is 0.611. The SMILES string of the molecule is O=C(c1ccccc1)[C@@H]1N=NC[C@@H]1c1ccc(-c2ccccc2)cc1. The van der Waals surface area contributed by atoms with Crippen LogP contribution in [0, 0.1) is 0 Å². The van der Waals surface area contributed by atoms with Gasteiger partial charge in [0.25, 0.3) is 0 Å². The van der Waals surface area contributed by atoms with Gasteiger partial charge in [-0.05, 0) is 16.7 Å². The number of benzene rings is 3. The molecule has 0 aliphatic carbocycles. The van der Waals surface area contributed by atoms with Crippen molar-refractivity contribution in [3.63, 3.8) is 0 Å². The molecular weight excluding hydrogens is 308 g/mol. The van der Waals surface area contributed by atoms with Crippen LogP contribution in [-0.2, 0) is 0 Å². The average Bonchev–Trinajstić information content (AvgIpc) is 3.19. The van der Waals surface area contributed by atoms with Crippen molar-refractivity contribution in [1.29, 1.82) is 0 Å². The molecule has 0 saturated heterocycles. The summed E-state index contributed by atoms with van der Waals surface area (Å²) < 4.78 is 0. The fraction of sp³-hybridized carbons (Fsp3) is 0.136. The van der Waals surface area contributed by atoms with E-state index >= 15 is 0 Å². The molecule has 3 heteroatoms. The van der Waals surface area contributed by atoms with Gasteiger partial charge in [0.1, 0.15) is 6.04 Å². The van der Waals surface area contributed by atoms with E-state index in [2.05, 4.69) is 46.6 Å². The molecule has 122 valence electrons. The second-order valence-corrected chi connectivity index (χ2v) is 6.21. The number of Topliss-reactive ketones (excluding diaryl/α,β-unsaturated/α-hetero) is 1. The molecule has 0 aromatic heterocycles. The van der Waals surface area contributed by atoms with Crippen LogP contribution in [0.3, 0.4) is 0 Å². The third kappa shape index (κ3) is 3.13. The predicted octanol–water partition coefficient (Wildman–Crippen LogP) is 5.15. The molecule has 1 aliphatic heterocycles. The van der Waals surface area contributed by atoms with Crippen molar-refractivity contribution in [2.24, 2.45) is 10.2 Å². The first-order chi connectivity index (χ1) is 12.3. The summed E-state index contributed by atoms with van der Waals surface area (Å²) in [6.45, 7) is 0.563. The van der Waals surface area contributed by atoms with E-state index in [1.165, 1.54) is 11.1 Å².